The number of likely N-dealkylation sites (tertiary alicyclic amines) is 1. The van der Waals surface area contributed by atoms with Gasteiger partial charge in [-0.15, -0.1) is 0 Å². The minimum atomic E-state index is -0.894. The number of hydrogen-bond acceptors (Lipinski definition) is 3. The number of hydrogen-bond donors (Lipinski definition) is 2. The van der Waals surface area contributed by atoms with Gasteiger partial charge in [0, 0.05) is 32.0 Å². The molecule has 0 radical (unpaired) electrons. The fourth-order valence-electron chi connectivity index (χ4n) is 3.26. The zero-order chi connectivity index (χ0) is 17.6. The lowest BCUT2D eigenvalue weighted by molar-refractivity contribution is 0.0694. The Morgan fingerprint density at radius 2 is 1.96 bits per heavy atom. The van der Waals surface area contributed by atoms with E-state index in [0.29, 0.717) is 31.7 Å². The van der Waals surface area contributed by atoms with E-state index >= 15 is 0 Å². The number of rotatable bonds is 5. The molecule has 2 aromatic rings. The van der Waals surface area contributed by atoms with Crippen molar-refractivity contribution in [1.29, 1.82) is 0 Å². The Bertz CT molecular complexity index is 722. The normalized spacial score (nSPS) is 15.1. The second kappa shape index (κ2) is 7.83. The van der Waals surface area contributed by atoms with Crippen molar-refractivity contribution < 1.29 is 14.7 Å². The van der Waals surface area contributed by atoms with Crippen molar-refractivity contribution in [2.75, 3.05) is 19.6 Å². The molecule has 1 fully saturated rings. The van der Waals surface area contributed by atoms with E-state index in [1.165, 1.54) is 0 Å². The molecule has 7 nitrogen and oxygen atoms in total. The summed E-state index contributed by atoms with van der Waals surface area (Å²) in [4.78, 5) is 25.4. The Labute approximate surface area is 146 Å². The molecule has 1 aliphatic heterocycles. The third-order valence-electron chi connectivity index (χ3n) is 4.59. The second-order valence-corrected chi connectivity index (χ2v) is 6.15. The summed E-state index contributed by atoms with van der Waals surface area (Å²) in [5, 5.41) is 16.3. The Morgan fingerprint density at radius 1 is 1.20 bits per heavy atom. The monoisotopic (exact) mass is 342 g/mol. The third-order valence-corrected chi connectivity index (χ3v) is 4.59. The number of nitrogens with zero attached hydrogens (tertiary/aromatic N) is 3. The van der Waals surface area contributed by atoms with Crippen molar-refractivity contribution in [3.63, 3.8) is 0 Å². The Hall–Kier alpha value is -2.83. The van der Waals surface area contributed by atoms with Gasteiger partial charge < -0.3 is 15.3 Å². The lowest BCUT2D eigenvalue weighted by Gasteiger charge is -2.32. The minimum Gasteiger partial charge on any atom is -0.478 e. The Morgan fingerprint density at radius 3 is 2.64 bits per heavy atom. The van der Waals surface area contributed by atoms with Crippen LogP contribution in [0.5, 0.6) is 0 Å². The van der Waals surface area contributed by atoms with Crippen LogP contribution in [0.1, 0.15) is 34.7 Å². The number of carbonyl (C=O) groups is 2. The highest BCUT2D eigenvalue weighted by molar-refractivity contribution is 5.89. The van der Waals surface area contributed by atoms with Gasteiger partial charge in [-0.05, 0) is 36.5 Å². The van der Waals surface area contributed by atoms with E-state index in [9.17, 15) is 14.7 Å². The van der Waals surface area contributed by atoms with E-state index in [-0.39, 0.29) is 11.9 Å². The van der Waals surface area contributed by atoms with E-state index < -0.39 is 5.97 Å². The van der Waals surface area contributed by atoms with Gasteiger partial charge in [0.15, 0.2) is 0 Å². The first kappa shape index (κ1) is 17.0. The molecule has 1 aromatic carbocycles. The van der Waals surface area contributed by atoms with Crippen molar-refractivity contribution >= 4 is 12.0 Å². The van der Waals surface area contributed by atoms with Crippen LogP contribution in [0.15, 0.2) is 42.7 Å². The first-order chi connectivity index (χ1) is 12.1. The number of amides is 2. The zero-order valence-corrected chi connectivity index (χ0v) is 14.0. The van der Waals surface area contributed by atoms with Crippen molar-refractivity contribution in [3.05, 3.63) is 53.9 Å². The van der Waals surface area contributed by atoms with Crippen LogP contribution in [0.25, 0.3) is 0 Å². The molecule has 132 valence electrons. The average Bonchev–Trinajstić information content (AvgIpc) is 3.15. The van der Waals surface area contributed by atoms with Gasteiger partial charge in [-0.3, -0.25) is 4.68 Å². The topological polar surface area (TPSA) is 87.5 Å². The molecule has 1 aromatic heterocycles. The number of urea groups is 1. The summed E-state index contributed by atoms with van der Waals surface area (Å²) in [5.41, 5.74) is 1.23. The number of aromatic nitrogens is 2. The van der Waals surface area contributed by atoms with Crippen LogP contribution in [0.3, 0.4) is 0 Å². The van der Waals surface area contributed by atoms with Crippen LogP contribution in [-0.4, -0.2) is 51.4 Å². The van der Waals surface area contributed by atoms with E-state index in [2.05, 4.69) is 10.4 Å². The van der Waals surface area contributed by atoms with Crippen LogP contribution in [0.2, 0.25) is 0 Å². The van der Waals surface area contributed by atoms with E-state index in [0.717, 1.165) is 18.4 Å². The molecule has 2 heterocycles. The first-order valence-electron chi connectivity index (χ1n) is 8.47. The predicted molar refractivity (Wildman–Crippen MR) is 92.6 cm³/mol. The molecule has 3 rings (SSSR count). The smallest absolute Gasteiger partial charge is 0.335 e. The van der Waals surface area contributed by atoms with Gasteiger partial charge in [0.25, 0.3) is 0 Å². The molecule has 25 heavy (non-hydrogen) atoms. The standard InChI is InChI=1S/C18H22N4O3/c23-17(24)16-5-2-1-4-15(16)14-6-11-21(12-7-14)18(25)19-9-13-22-10-3-8-20-22/h1-5,8,10,14H,6-7,9,11-13H2,(H,19,25)(H,23,24). The molecule has 2 amide bonds. The maximum absolute atomic E-state index is 12.2. The van der Waals surface area contributed by atoms with E-state index in [1.54, 1.807) is 27.9 Å². The van der Waals surface area contributed by atoms with Crippen LogP contribution in [0.4, 0.5) is 4.79 Å². The van der Waals surface area contributed by atoms with Gasteiger partial charge >= 0.3 is 12.0 Å². The number of nitrogens with one attached hydrogen (secondary N) is 1. The fraction of sp³-hybridized carbons (Fsp3) is 0.389. The minimum absolute atomic E-state index is 0.0721. The summed E-state index contributed by atoms with van der Waals surface area (Å²) in [6.07, 6.45) is 5.12. The summed E-state index contributed by atoms with van der Waals surface area (Å²) >= 11 is 0. The van der Waals surface area contributed by atoms with Gasteiger partial charge in [-0.2, -0.15) is 5.10 Å². The number of carboxylic acids is 1. The lowest BCUT2D eigenvalue weighted by Crippen LogP contribution is -2.45. The number of carbonyl (C=O) groups excluding carboxylic acids is 1. The molecule has 1 aliphatic rings. The van der Waals surface area contributed by atoms with Gasteiger partial charge in [-0.1, -0.05) is 18.2 Å². The largest absolute Gasteiger partial charge is 0.478 e. The Kier molecular flexibility index (Phi) is 5.33. The maximum Gasteiger partial charge on any atom is 0.335 e. The highest BCUT2D eigenvalue weighted by atomic mass is 16.4. The van der Waals surface area contributed by atoms with E-state index in [4.69, 9.17) is 0 Å². The SMILES string of the molecule is O=C(O)c1ccccc1C1CCN(C(=O)NCCn2cccn2)CC1. The molecular weight excluding hydrogens is 320 g/mol. The number of aromatic carboxylic acids is 1. The van der Waals surface area contributed by atoms with Gasteiger partial charge in [0.2, 0.25) is 0 Å². The molecule has 1 saturated heterocycles. The van der Waals surface area contributed by atoms with Crippen LogP contribution in [-0.2, 0) is 6.54 Å². The van der Waals surface area contributed by atoms with Crippen LogP contribution < -0.4 is 5.32 Å². The summed E-state index contributed by atoms with van der Waals surface area (Å²) < 4.78 is 1.77. The lowest BCUT2D eigenvalue weighted by atomic mass is 9.86. The maximum atomic E-state index is 12.2. The Balaban J connectivity index is 1.50. The molecular formula is C18H22N4O3. The van der Waals surface area contributed by atoms with Crippen LogP contribution in [0, 0.1) is 0 Å². The van der Waals surface area contributed by atoms with E-state index in [1.807, 2.05) is 24.4 Å². The summed E-state index contributed by atoms with van der Waals surface area (Å²) in [6.45, 7) is 2.43. The third kappa shape index (κ3) is 4.17. The van der Waals surface area contributed by atoms with Crippen molar-refractivity contribution in [1.82, 2.24) is 20.0 Å². The molecule has 0 unspecified atom stereocenters. The van der Waals surface area contributed by atoms with Crippen LogP contribution >= 0.6 is 0 Å². The number of carboxylic acid groups (broad SMARTS) is 1. The molecule has 2 N–H and O–H groups in total. The number of piperidine rings is 1. The quantitative estimate of drug-likeness (QED) is 0.872. The van der Waals surface area contributed by atoms with Crippen molar-refractivity contribution in [3.8, 4) is 0 Å². The molecule has 0 atom stereocenters. The highest BCUT2D eigenvalue weighted by Gasteiger charge is 2.26. The average molecular weight is 342 g/mol. The fourth-order valence-corrected chi connectivity index (χ4v) is 3.26. The predicted octanol–water partition coefficient (Wildman–Crippen LogP) is 2.17. The zero-order valence-electron chi connectivity index (χ0n) is 14.0. The van der Waals surface area contributed by atoms with Crippen molar-refractivity contribution in [2.45, 2.75) is 25.3 Å². The molecule has 0 bridgehead atoms. The summed E-state index contributed by atoms with van der Waals surface area (Å²) in [7, 11) is 0. The van der Waals surface area contributed by atoms with Gasteiger partial charge in [0.05, 0.1) is 12.1 Å². The second-order valence-electron chi connectivity index (χ2n) is 6.15. The summed E-state index contributed by atoms with van der Waals surface area (Å²) in [5.74, 6) is -0.713. The molecule has 0 spiro atoms. The summed E-state index contributed by atoms with van der Waals surface area (Å²) in [6, 6.07) is 8.92. The molecule has 0 saturated carbocycles. The number of benzene rings is 1. The van der Waals surface area contributed by atoms with Gasteiger partial charge in [-0.25, -0.2) is 9.59 Å². The van der Waals surface area contributed by atoms with Crippen molar-refractivity contribution in [2.24, 2.45) is 0 Å². The highest BCUT2D eigenvalue weighted by Crippen LogP contribution is 2.30. The molecule has 7 heteroatoms. The first-order valence-corrected chi connectivity index (χ1v) is 8.47. The van der Waals surface area contributed by atoms with Gasteiger partial charge in [0.1, 0.15) is 0 Å². The molecule has 0 aliphatic carbocycles.